The van der Waals surface area contributed by atoms with Gasteiger partial charge in [0.2, 0.25) is 0 Å². The van der Waals surface area contributed by atoms with Gasteiger partial charge in [-0.3, -0.25) is 4.79 Å². The zero-order valence-electron chi connectivity index (χ0n) is 8.51. The molecule has 0 saturated heterocycles. The van der Waals surface area contributed by atoms with Crippen LogP contribution >= 0.6 is 22.7 Å². The van der Waals surface area contributed by atoms with Crippen molar-refractivity contribution in [1.29, 1.82) is 5.26 Å². The van der Waals surface area contributed by atoms with Crippen LogP contribution in [0.1, 0.15) is 4.88 Å². The van der Waals surface area contributed by atoms with Crippen molar-refractivity contribution >= 4 is 34.8 Å². The van der Waals surface area contributed by atoms with E-state index in [4.69, 9.17) is 5.26 Å². The highest BCUT2D eigenvalue weighted by atomic mass is 32.1. The fourth-order valence-electron chi connectivity index (χ4n) is 1.27. The summed E-state index contributed by atoms with van der Waals surface area (Å²) in [5, 5.41) is 10.5. The molecular formula is C11H8N2OS2. The Balaban J connectivity index is 2.70. The van der Waals surface area contributed by atoms with Gasteiger partial charge in [0.15, 0.2) is 0 Å². The van der Waals surface area contributed by atoms with Gasteiger partial charge in [-0.2, -0.15) is 5.26 Å². The highest BCUT2D eigenvalue weighted by Gasteiger charge is 1.99. The molecule has 3 nitrogen and oxygen atoms in total. The lowest BCUT2D eigenvalue weighted by atomic mass is 10.4. The van der Waals surface area contributed by atoms with Crippen LogP contribution in [0.15, 0.2) is 22.3 Å². The molecule has 80 valence electrons. The molecule has 0 aliphatic carbocycles. The van der Waals surface area contributed by atoms with E-state index >= 15 is 0 Å². The monoisotopic (exact) mass is 248 g/mol. The molecule has 0 aliphatic rings. The van der Waals surface area contributed by atoms with Gasteiger partial charge in [-0.1, -0.05) is 6.07 Å². The van der Waals surface area contributed by atoms with Crippen molar-refractivity contribution in [3.8, 4) is 6.07 Å². The maximum atomic E-state index is 11.8. The van der Waals surface area contributed by atoms with Crippen LogP contribution in [-0.4, -0.2) is 4.57 Å². The van der Waals surface area contributed by atoms with E-state index in [0.717, 1.165) is 4.88 Å². The normalized spacial score (nSPS) is 13.0. The Kier molecular flexibility index (Phi) is 3.04. The Bertz CT molecular complexity index is 699. The molecule has 0 unspecified atom stereocenters. The van der Waals surface area contributed by atoms with Crippen LogP contribution in [0.3, 0.4) is 0 Å². The molecule has 16 heavy (non-hydrogen) atoms. The van der Waals surface area contributed by atoms with Gasteiger partial charge in [0.05, 0.1) is 10.6 Å². The molecule has 0 bridgehead atoms. The van der Waals surface area contributed by atoms with Gasteiger partial charge in [-0.15, -0.1) is 22.7 Å². The number of rotatable bonds is 1. The minimum Gasteiger partial charge on any atom is -0.301 e. The third-order valence-corrected chi connectivity index (χ3v) is 4.00. The lowest BCUT2D eigenvalue weighted by molar-refractivity contribution is 0.857. The maximum absolute atomic E-state index is 11.8. The fraction of sp³-hybridized carbons (Fsp3) is 0.0909. The van der Waals surface area contributed by atoms with E-state index in [1.807, 2.05) is 29.7 Å². The number of thiazole rings is 1. The summed E-state index contributed by atoms with van der Waals surface area (Å²) in [4.78, 5) is 12.9. The molecule has 0 amide bonds. The molecule has 0 aromatic carbocycles. The second-order valence-corrected chi connectivity index (χ2v) is 5.14. The molecule has 0 fully saturated rings. The molecule has 2 rings (SSSR count). The summed E-state index contributed by atoms with van der Waals surface area (Å²) in [6.07, 6.45) is 3.24. The van der Waals surface area contributed by atoms with Gasteiger partial charge >= 0.3 is 0 Å². The van der Waals surface area contributed by atoms with Crippen LogP contribution in [0.2, 0.25) is 0 Å². The first-order chi connectivity index (χ1) is 7.72. The van der Waals surface area contributed by atoms with Crippen molar-refractivity contribution in [1.82, 2.24) is 4.57 Å². The van der Waals surface area contributed by atoms with Crippen molar-refractivity contribution < 1.29 is 0 Å². The summed E-state index contributed by atoms with van der Waals surface area (Å²) in [6, 6.07) is 5.84. The minimum absolute atomic E-state index is 0.0556. The third-order valence-electron chi connectivity index (χ3n) is 2.07. The van der Waals surface area contributed by atoms with Crippen LogP contribution in [0, 0.1) is 11.3 Å². The SMILES string of the molecule is Cn1c(=O)/c(=C\c2cccs2)s/c1=C\C#N. The Morgan fingerprint density at radius 2 is 2.38 bits per heavy atom. The Hall–Kier alpha value is -1.64. The number of aromatic nitrogens is 1. The van der Waals surface area contributed by atoms with Crippen LogP contribution in [0.5, 0.6) is 0 Å². The standard InChI is InChI=1S/C11H8N2OS2/c1-13-10(4-5-12)16-9(11(13)14)7-8-3-2-6-15-8/h2-4,6-7H,1H3/b9-7+,10-4-. The topological polar surface area (TPSA) is 45.8 Å². The van der Waals surface area contributed by atoms with Crippen molar-refractivity contribution in [2.45, 2.75) is 0 Å². The molecule has 0 saturated carbocycles. The quantitative estimate of drug-likeness (QED) is 0.743. The van der Waals surface area contributed by atoms with Gasteiger partial charge in [0.25, 0.3) is 5.56 Å². The molecule has 0 radical (unpaired) electrons. The maximum Gasteiger partial charge on any atom is 0.268 e. The smallest absolute Gasteiger partial charge is 0.268 e. The summed E-state index contributed by atoms with van der Waals surface area (Å²) >= 11 is 2.92. The second-order valence-electron chi connectivity index (χ2n) is 3.10. The number of hydrogen-bond acceptors (Lipinski definition) is 4. The van der Waals surface area contributed by atoms with Crippen molar-refractivity contribution in [2.75, 3.05) is 0 Å². The lowest BCUT2D eigenvalue weighted by Crippen LogP contribution is -2.28. The summed E-state index contributed by atoms with van der Waals surface area (Å²) in [5.74, 6) is 0. The van der Waals surface area contributed by atoms with Crippen molar-refractivity contribution in [3.05, 3.63) is 41.9 Å². The van der Waals surface area contributed by atoms with Crippen molar-refractivity contribution in [3.63, 3.8) is 0 Å². The van der Waals surface area contributed by atoms with Crippen LogP contribution in [0.4, 0.5) is 0 Å². The van der Waals surface area contributed by atoms with E-state index in [2.05, 4.69) is 0 Å². The van der Waals surface area contributed by atoms with Crippen molar-refractivity contribution in [2.24, 2.45) is 7.05 Å². The second kappa shape index (κ2) is 4.47. The molecule has 0 atom stereocenters. The molecule has 0 N–H and O–H groups in total. The molecule has 2 aromatic heterocycles. The number of nitrogens with zero attached hydrogens (tertiary/aromatic N) is 2. The predicted molar refractivity (Wildman–Crippen MR) is 66.8 cm³/mol. The largest absolute Gasteiger partial charge is 0.301 e. The molecule has 0 aliphatic heterocycles. The zero-order valence-corrected chi connectivity index (χ0v) is 10.1. The van der Waals surface area contributed by atoms with E-state index in [1.165, 1.54) is 22.0 Å². The van der Waals surface area contributed by atoms with Gasteiger partial charge in [-0.25, -0.2) is 0 Å². The van der Waals surface area contributed by atoms with E-state index in [-0.39, 0.29) is 5.56 Å². The molecule has 2 aromatic rings. The number of hydrogen-bond donors (Lipinski definition) is 0. The Morgan fingerprint density at radius 1 is 1.56 bits per heavy atom. The number of thiophene rings is 1. The highest BCUT2D eigenvalue weighted by Crippen LogP contribution is 2.08. The average Bonchev–Trinajstić information content (AvgIpc) is 2.85. The van der Waals surface area contributed by atoms with Crippen LogP contribution in [-0.2, 0) is 7.05 Å². The van der Waals surface area contributed by atoms with Gasteiger partial charge in [0.1, 0.15) is 4.66 Å². The van der Waals surface area contributed by atoms with E-state index in [0.29, 0.717) is 9.20 Å². The Labute approximate surface area is 99.8 Å². The first-order valence-electron chi connectivity index (χ1n) is 4.53. The fourth-order valence-corrected chi connectivity index (χ4v) is 2.96. The van der Waals surface area contributed by atoms with Crippen LogP contribution in [0.25, 0.3) is 12.2 Å². The highest BCUT2D eigenvalue weighted by molar-refractivity contribution is 7.11. The molecule has 0 spiro atoms. The predicted octanol–water partition coefficient (Wildman–Crippen LogP) is 0.641. The van der Waals surface area contributed by atoms with Gasteiger partial charge in [-0.05, 0) is 17.5 Å². The first kappa shape index (κ1) is 10.9. The lowest BCUT2D eigenvalue weighted by Gasteiger charge is -1.82. The third kappa shape index (κ3) is 1.98. The van der Waals surface area contributed by atoms with Gasteiger partial charge in [0, 0.05) is 18.0 Å². The summed E-state index contributed by atoms with van der Waals surface area (Å²) in [6.45, 7) is 0. The molecular weight excluding hydrogens is 240 g/mol. The zero-order chi connectivity index (χ0) is 11.5. The molecule has 2 heterocycles. The van der Waals surface area contributed by atoms with E-state index < -0.39 is 0 Å². The van der Waals surface area contributed by atoms with E-state index in [1.54, 1.807) is 18.4 Å². The summed E-state index contributed by atoms with van der Waals surface area (Å²) in [7, 11) is 1.67. The van der Waals surface area contributed by atoms with Gasteiger partial charge < -0.3 is 4.57 Å². The van der Waals surface area contributed by atoms with E-state index in [9.17, 15) is 4.79 Å². The average molecular weight is 248 g/mol. The Morgan fingerprint density at radius 3 is 3.00 bits per heavy atom. The summed E-state index contributed by atoms with van der Waals surface area (Å²) in [5.41, 5.74) is -0.0556. The van der Waals surface area contributed by atoms with Crippen LogP contribution < -0.4 is 14.8 Å². The first-order valence-corrected chi connectivity index (χ1v) is 6.23. The minimum atomic E-state index is -0.0556. The summed E-state index contributed by atoms with van der Waals surface area (Å²) < 4.78 is 2.83. The molecule has 5 heteroatoms. The number of nitriles is 1.